The van der Waals surface area contributed by atoms with Gasteiger partial charge in [-0.3, -0.25) is 4.79 Å². The highest BCUT2D eigenvalue weighted by molar-refractivity contribution is 9.10. The number of thioether (sulfide) groups is 1. The predicted octanol–water partition coefficient (Wildman–Crippen LogP) is 2.68. The molecule has 0 saturated heterocycles. The minimum atomic E-state index is -0.105. The molecule has 0 unspecified atom stereocenters. The van der Waals surface area contributed by atoms with Gasteiger partial charge in [-0.2, -0.15) is 0 Å². The van der Waals surface area contributed by atoms with Gasteiger partial charge >= 0.3 is 0 Å². The lowest BCUT2D eigenvalue weighted by Gasteiger charge is -2.07. The van der Waals surface area contributed by atoms with E-state index < -0.39 is 0 Å². The van der Waals surface area contributed by atoms with Crippen LogP contribution in [0.15, 0.2) is 27.0 Å². The van der Waals surface area contributed by atoms with Crippen LogP contribution in [0.1, 0.15) is 0 Å². The van der Waals surface area contributed by atoms with Crippen molar-refractivity contribution in [3.63, 3.8) is 0 Å². The number of anilines is 3. The fraction of sp³-hybridized carbons (Fsp3) is 0.250. The molecule has 1 heterocycles. The summed E-state index contributed by atoms with van der Waals surface area (Å²) in [6, 6.07) is 5.25. The SMILES string of the molecule is CN(C)c1nnc(SCC(=O)Nc2ccc(N)cc2Br)s1. The molecule has 1 aromatic carbocycles. The zero-order valence-corrected chi connectivity index (χ0v) is 14.7. The van der Waals surface area contributed by atoms with E-state index in [2.05, 4.69) is 31.4 Å². The molecule has 1 amide bonds. The number of rotatable bonds is 5. The number of nitrogens with zero attached hydrogens (tertiary/aromatic N) is 3. The summed E-state index contributed by atoms with van der Waals surface area (Å²) in [5, 5.41) is 11.7. The highest BCUT2D eigenvalue weighted by Crippen LogP contribution is 2.28. The highest BCUT2D eigenvalue weighted by atomic mass is 79.9. The lowest BCUT2D eigenvalue weighted by atomic mass is 10.3. The van der Waals surface area contributed by atoms with Crippen LogP contribution in [-0.4, -0.2) is 36.0 Å². The predicted molar refractivity (Wildman–Crippen MR) is 92.1 cm³/mol. The number of carbonyl (C=O) groups excluding carboxylic acids is 1. The number of carbonyl (C=O) groups is 1. The Hall–Kier alpha value is -1.32. The van der Waals surface area contributed by atoms with Gasteiger partial charge in [-0.1, -0.05) is 23.1 Å². The quantitative estimate of drug-likeness (QED) is 0.605. The Morgan fingerprint density at radius 2 is 2.24 bits per heavy atom. The van der Waals surface area contributed by atoms with Crippen molar-refractivity contribution in [2.24, 2.45) is 0 Å². The first-order valence-corrected chi connectivity index (χ1v) is 8.53. The Bertz CT molecular complexity index is 646. The van der Waals surface area contributed by atoms with Gasteiger partial charge in [-0.25, -0.2) is 0 Å². The number of aromatic nitrogens is 2. The minimum Gasteiger partial charge on any atom is -0.399 e. The maximum Gasteiger partial charge on any atom is 0.234 e. The van der Waals surface area contributed by atoms with E-state index in [4.69, 9.17) is 5.73 Å². The second-order valence-corrected chi connectivity index (χ2v) is 7.35. The zero-order chi connectivity index (χ0) is 15.4. The average molecular weight is 388 g/mol. The summed E-state index contributed by atoms with van der Waals surface area (Å²) in [6.07, 6.45) is 0. The first kappa shape index (κ1) is 16.1. The maximum absolute atomic E-state index is 11.9. The van der Waals surface area contributed by atoms with Crippen LogP contribution < -0.4 is 16.0 Å². The molecule has 0 fully saturated rings. The van der Waals surface area contributed by atoms with Gasteiger partial charge in [-0.05, 0) is 34.1 Å². The molecule has 2 rings (SSSR count). The molecule has 0 radical (unpaired) electrons. The molecule has 0 aliphatic rings. The lowest BCUT2D eigenvalue weighted by Crippen LogP contribution is -2.14. The van der Waals surface area contributed by atoms with Crippen molar-refractivity contribution in [1.82, 2.24) is 10.2 Å². The molecule has 0 atom stereocenters. The summed E-state index contributed by atoms with van der Waals surface area (Å²) in [6.45, 7) is 0. The van der Waals surface area contributed by atoms with Gasteiger partial charge in [0.05, 0.1) is 11.4 Å². The minimum absolute atomic E-state index is 0.105. The van der Waals surface area contributed by atoms with Crippen LogP contribution in [0.5, 0.6) is 0 Å². The van der Waals surface area contributed by atoms with Gasteiger partial charge in [-0.15, -0.1) is 10.2 Å². The van der Waals surface area contributed by atoms with Crippen LogP contribution in [0.2, 0.25) is 0 Å². The van der Waals surface area contributed by atoms with Gasteiger partial charge < -0.3 is 16.0 Å². The summed E-state index contributed by atoms with van der Waals surface area (Å²) >= 11 is 6.18. The first-order chi connectivity index (χ1) is 9.95. The molecular weight excluding hydrogens is 374 g/mol. The van der Waals surface area contributed by atoms with Crippen LogP contribution in [0, 0.1) is 0 Å². The fourth-order valence-corrected chi connectivity index (χ4v) is 3.45. The topological polar surface area (TPSA) is 84.1 Å². The fourth-order valence-electron chi connectivity index (χ4n) is 1.39. The smallest absolute Gasteiger partial charge is 0.234 e. The van der Waals surface area contributed by atoms with Gasteiger partial charge in [0, 0.05) is 24.3 Å². The second kappa shape index (κ2) is 7.10. The summed E-state index contributed by atoms with van der Waals surface area (Å²) < 4.78 is 1.52. The molecular formula is C12H14BrN5OS2. The van der Waals surface area contributed by atoms with E-state index in [0.717, 1.165) is 13.9 Å². The number of hydrogen-bond donors (Lipinski definition) is 2. The zero-order valence-electron chi connectivity index (χ0n) is 11.5. The summed E-state index contributed by atoms with van der Waals surface area (Å²) in [5.41, 5.74) is 6.99. The highest BCUT2D eigenvalue weighted by Gasteiger charge is 2.10. The van der Waals surface area contributed by atoms with Gasteiger partial charge in [0.15, 0.2) is 4.34 Å². The number of nitrogen functional groups attached to an aromatic ring is 1. The molecule has 2 aromatic rings. The third-order valence-electron chi connectivity index (χ3n) is 2.37. The molecule has 0 bridgehead atoms. The van der Waals surface area contributed by atoms with Gasteiger partial charge in [0.2, 0.25) is 11.0 Å². The number of amides is 1. The van der Waals surface area contributed by atoms with Crippen LogP contribution in [-0.2, 0) is 4.79 Å². The molecule has 0 saturated carbocycles. The van der Waals surface area contributed by atoms with Crippen LogP contribution in [0.25, 0.3) is 0 Å². The van der Waals surface area contributed by atoms with E-state index in [0.29, 0.717) is 11.4 Å². The van der Waals surface area contributed by atoms with Crippen molar-refractivity contribution in [2.45, 2.75) is 4.34 Å². The van der Waals surface area contributed by atoms with Crippen molar-refractivity contribution < 1.29 is 4.79 Å². The Labute approximate surface area is 139 Å². The van der Waals surface area contributed by atoms with E-state index in [9.17, 15) is 4.79 Å². The van der Waals surface area contributed by atoms with Crippen LogP contribution in [0.3, 0.4) is 0 Å². The summed E-state index contributed by atoms with van der Waals surface area (Å²) in [7, 11) is 3.81. The average Bonchev–Trinajstić information content (AvgIpc) is 2.89. The number of hydrogen-bond acceptors (Lipinski definition) is 7. The molecule has 3 N–H and O–H groups in total. The van der Waals surface area contributed by atoms with Crippen molar-refractivity contribution in [2.75, 3.05) is 35.8 Å². The molecule has 6 nitrogen and oxygen atoms in total. The van der Waals surface area contributed by atoms with E-state index in [1.165, 1.54) is 23.1 Å². The lowest BCUT2D eigenvalue weighted by molar-refractivity contribution is -0.113. The number of halogens is 1. The molecule has 112 valence electrons. The van der Waals surface area contributed by atoms with Crippen molar-refractivity contribution in [1.29, 1.82) is 0 Å². The van der Waals surface area contributed by atoms with E-state index in [-0.39, 0.29) is 11.7 Å². The second-order valence-electron chi connectivity index (χ2n) is 4.32. The number of nitrogens with two attached hydrogens (primary N) is 1. The van der Waals surface area contributed by atoms with Crippen molar-refractivity contribution >= 4 is 61.4 Å². The molecule has 0 aliphatic carbocycles. The van der Waals surface area contributed by atoms with Crippen molar-refractivity contribution in [3.05, 3.63) is 22.7 Å². The van der Waals surface area contributed by atoms with Crippen LogP contribution in [0.4, 0.5) is 16.5 Å². The van der Waals surface area contributed by atoms with Crippen LogP contribution >= 0.6 is 39.0 Å². The largest absolute Gasteiger partial charge is 0.399 e. The molecule has 21 heavy (non-hydrogen) atoms. The monoisotopic (exact) mass is 387 g/mol. The Balaban J connectivity index is 1.89. The standard InChI is InChI=1S/C12H14BrN5OS2/c1-18(2)11-16-17-12(21-11)20-6-10(19)15-9-4-3-7(14)5-8(9)13/h3-5H,6,14H2,1-2H3,(H,15,19). The van der Waals surface area contributed by atoms with E-state index >= 15 is 0 Å². The molecule has 9 heteroatoms. The Morgan fingerprint density at radius 3 is 2.86 bits per heavy atom. The third-order valence-corrected chi connectivity index (χ3v) is 5.25. The Morgan fingerprint density at radius 1 is 1.48 bits per heavy atom. The maximum atomic E-state index is 11.9. The molecule has 0 spiro atoms. The molecule has 0 aliphatic heterocycles. The first-order valence-electron chi connectivity index (χ1n) is 5.94. The van der Waals surface area contributed by atoms with E-state index in [1.54, 1.807) is 18.2 Å². The Kier molecular flexibility index (Phi) is 5.43. The summed E-state index contributed by atoms with van der Waals surface area (Å²) in [4.78, 5) is 13.8. The third kappa shape index (κ3) is 4.58. The summed E-state index contributed by atoms with van der Waals surface area (Å²) in [5.74, 6) is 0.172. The van der Waals surface area contributed by atoms with Gasteiger partial charge in [0.1, 0.15) is 0 Å². The molecule has 1 aromatic heterocycles. The number of benzene rings is 1. The van der Waals surface area contributed by atoms with Crippen molar-refractivity contribution in [3.8, 4) is 0 Å². The van der Waals surface area contributed by atoms with Gasteiger partial charge in [0.25, 0.3) is 0 Å². The van der Waals surface area contributed by atoms with E-state index in [1.807, 2.05) is 19.0 Å². The number of nitrogens with one attached hydrogen (secondary N) is 1. The normalized spacial score (nSPS) is 10.4.